The molecule has 8 nitrogen and oxygen atoms in total. The molecule has 1 unspecified atom stereocenters. The van der Waals surface area contributed by atoms with Crippen molar-refractivity contribution in [2.24, 2.45) is 5.92 Å². The van der Waals surface area contributed by atoms with Crippen LogP contribution in [0, 0.1) is 19.8 Å². The number of nitrogens with zero attached hydrogens (tertiary/aromatic N) is 4. The highest BCUT2D eigenvalue weighted by atomic mass is 16.2. The number of nitrogens with one attached hydrogen (secondary N) is 1. The highest BCUT2D eigenvalue weighted by Gasteiger charge is 2.35. The number of aromatic nitrogens is 3. The van der Waals surface area contributed by atoms with Gasteiger partial charge in [-0.25, -0.2) is 4.68 Å². The molecule has 0 bridgehead atoms. The van der Waals surface area contributed by atoms with Gasteiger partial charge in [-0.15, -0.1) is 0 Å². The second-order valence-electron chi connectivity index (χ2n) is 9.21. The zero-order valence-electron chi connectivity index (χ0n) is 20.3. The van der Waals surface area contributed by atoms with Crippen molar-refractivity contribution < 1.29 is 9.59 Å². The van der Waals surface area contributed by atoms with Crippen LogP contribution < -0.4 is 15.8 Å². The fraction of sp³-hybridized carbons (Fsp3) is 0.250. The van der Waals surface area contributed by atoms with Crippen molar-refractivity contribution in [1.29, 1.82) is 0 Å². The van der Waals surface area contributed by atoms with Crippen molar-refractivity contribution in [2.75, 3.05) is 11.4 Å². The molecule has 0 aliphatic carbocycles. The van der Waals surface area contributed by atoms with Gasteiger partial charge in [0.15, 0.2) is 0 Å². The maximum Gasteiger partial charge on any atom is 0.274 e. The smallest absolute Gasteiger partial charge is 0.274 e. The van der Waals surface area contributed by atoms with Gasteiger partial charge in [-0.1, -0.05) is 30.3 Å². The molecular formula is C28H27N5O3. The van der Waals surface area contributed by atoms with E-state index in [0.717, 1.165) is 22.4 Å². The summed E-state index contributed by atoms with van der Waals surface area (Å²) in [6.07, 6.45) is 3.53. The molecule has 0 radical (unpaired) electrons. The molecule has 2 aromatic carbocycles. The average Bonchev–Trinajstić information content (AvgIpc) is 3.28. The zero-order valence-corrected chi connectivity index (χ0v) is 20.3. The Morgan fingerprint density at radius 3 is 2.58 bits per heavy atom. The van der Waals surface area contributed by atoms with Crippen molar-refractivity contribution >= 4 is 28.3 Å². The van der Waals surface area contributed by atoms with Crippen molar-refractivity contribution in [3.05, 3.63) is 99.7 Å². The number of aryl methyl sites for hydroxylation is 2. The Bertz CT molecular complexity index is 1510. The number of amides is 2. The van der Waals surface area contributed by atoms with E-state index in [2.05, 4.69) is 15.4 Å². The standard InChI is InChI=1S/C28H27N5O3/c1-18-9-10-22(12-19(18)2)32-17-21(13-26(32)34)27(35)30-15-25-23-7-3-4-8-24(23)28(36)33(31-25)16-20-6-5-11-29-14-20/h3-12,14,21H,13,15-17H2,1-2H3,(H,30,35). The van der Waals surface area contributed by atoms with E-state index in [0.29, 0.717) is 23.0 Å². The Kier molecular flexibility index (Phi) is 6.33. The largest absolute Gasteiger partial charge is 0.350 e. The first-order valence-electron chi connectivity index (χ1n) is 11.9. The number of anilines is 1. The predicted octanol–water partition coefficient (Wildman–Crippen LogP) is 3.13. The van der Waals surface area contributed by atoms with Gasteiger partial charge in [-0.3, -0.25) is 19.4 Å². The van der Waals surface area contributed by atoms with E-state index >= 15 is 0 Å². The topological polar surface area (TPSA) is 97.2 Å². The second kappa shape index (κ2) is 9.73. The van der Waals surface area contributed by atoms with Gasteiger partial charge < -0.3 is 10.2 Å². The summed E-state index contributed by atoms with van der Waals surface area (Å²) < 4.78 is 1.40. The van der Waals surface area contributed by atoms with Crippen LogP contribution in [-0.4, -0.2) is 33.1 Å². The third-order valence-corrected chi connectivity index (χ3v) is 6.73. The fourth-order valence-corrected chi connectivity index (χ4v) is 4.55. The second-order valence-corrected chi connectivity index (χ2v) is 9.21. The number of carbonyl (C=O) groups excluding carboxylic acids is 2. The monoisotopic (exact) mass is 481 g/mol. The van der Waals surface area contributed by atoms with Crippen molar-refractivity contribution in [2.45, 2.75) is 33.4 Å². The van der Waals surface area contributed by atoms with Gasteiger partial charge >= 0.3 is 0 Å². The SMILES string of the molecule is Cc1ccc(N2CC(C(=O)NCc3nn(Cc4cccnc4)c(=O)c4ccccc34)CC2=O)cc1C. The van der Waals surface area contributed by atoms with Gasteiger partial charge in [0.05, 0.1) is 30.1 Å². The summed E-state index contributed by atoms with van der Waals surface area (Å²) in [6.45, 7) is 4.80. The van der Waals surface area contributed by atoms with E-state index in [1.807, 2.05) is 62.4 Å². The minimum absolute atomic E-state index is 0.0630. The highest BCUT2D eigenvalue weighted by Crippen LogP contribution is 2.27. The third kappa shape index (κ3) is 4.62. The molecule has 1 aliphatic rings. The Morgan fingerprint density at radius 2 is 1.83 bits per heavy atom. The Morgan fingerprint density at radius 1 is 1.03 bits per heavy atom. The maximum atomic E-state index is 13.0. The number of fused-ring (bicyclic) bond motifs is 1. The van der Waals surface area contributed by atoms with Gasteiger partial charge in [0.1, 0.15) is 0 Å². The molecule has 0 spiro atoms. The van der Waals surface area contributed by atoms with Crippen LogP contribution in [0.25, 0.3) is 10.8 Å². The zero-order chi connectivity index (χ0) is 25.2. The molecule has 2 aromatic heterocycles. The van der Waals surface area contributed by atoms with E-state index in [-0.39, 0.29) is 36.9 Å². The molecule has 1 N–H and O–H groups in total. The first-order valence-corrected chi connectivity index (χ1v) is 11.9. The van der Waals surface area contributed by atoms with Crippen LogP contribution in [0.3, 0.4) is 0 Å². The number of hydrogen-bond acceptors (Lipinski definition) is 5. The van der Waals surface area contributed by atoms with Crippen LogP contribution in [0.2, 0.25) is 0 Å². The molecule has 8 heteroatoms. The molecule has 4 aromatic rings. The average molecular weight is 482 g/mol. The number of pyridine rings is 1. The van der Waals surface area contributed by atoms with Crippen LogP contribution in [0.1, 0.15) is 28.8 Å². The molecular weight excluding hydrogens is 454 g/mol. The summed E-state index contributed by atoms with van der Waals surface area (Å²) >= 11 is 0. The minimum Gasteiger partial charge on any atom is -0.350 e. The third-order valence-electron chi connectivity index (χ3n) is 6.73. The van der Waals surface area contributed by atoms with Crippen LogP contribution in [-0.2, 0) is 22.7 Å². The number of benzene rings is 2. The quantitative estimate of drug-likeness (QED) is 0.456. The van der Waals surface area contributed by atoms with E-state index in [4.69, 9.17) is 0 Å². The Hall–Kier alpha value is -4.33. The Labute approximate surface area is 208 Å². The van der Waals surface area contributed by atoms with Crippen molar-refractivity contribution in [1.82, 2.24) is 20.1 Å². The van der Waals surface area contributed by atoms with Crippen LogP contribution >= 0.6 is 0 Å². The van der Waals surface area contributed by atoms with Crippen molar-refractivity contribution in [3.8, 4) is 0 Å². The van der Waals surface area contributed by atoms with Crippen molar-refractivity contribution in [3.63, 3.8) is 0 Å². The molecule has 36 heavy (non-hydrogen) atoms. The number of rotatable bonds is 6. The lowest BCUT2D eigenvalue weighted by Gasteiger charge is -2.18. The van der Waals surface area contributed by atoms with E-state index < -0.39 is 5.92 Å². The van der Waals surface area contributed by atoms with Gasteiger partial charge in [0, 0.05) is 36.4 Å². The summed E-state index contributed by atoms with van der Waals surface area (Å²) in [5.41, 5.74) is 4.33. The Balaban J connectivity index is 1.34. The lowest BCUT2D eigenvalue weighted by atomic mass is 10.1. The summed E-state index contributed by atoms with van der Waals surface area (Å²) in [6, 6.07) is 16.8. The lowest BCUT2D eigenvalue weighted by Crippen LogP contribution is -2.34. The molecule has 2 amide bonds. The molecule has 0 saturated carbocycles. The van der Waals surface area contributed by atoms with Crippen LogP contribution in [0.4, 0.5) is 5.69 Å². The molecule has 1 aliphatic heterocycles. The molecule has 1 saturated heterocycles. The molecule has 182 valence electrons. The summed E-state index contributed by atoms with van der Waals surface area (Å²) in [5, 5.41) is 8.76. The minimum atomic E-state index is -0.452. The van der Waals surface area contributed by atoms with Gasteiger partial charge in [0.2, 0.25) is 11.8 Å². The summed E-state index contributed by atoms with van der Waals surface area (Å²) in [4.78, 5) is 44.6. The first-order chi connectivity index (χ1) is 17.4. The van der Waals surface area contributed by atoms with Gasteiger partial charge in [0.25, 0.3) is 5.56 Å². The van der Waals surface area contributed by atoms with Crippen LogP contribution in [0.5, 0.6) is 0 Å². The molecule has 3 heterocycles. The van der Waals surface area contributed by atoms with Gasteiger partial charge in [-0.05, 0) is 54.8 Å². The summed E-state index contributed by atoms with van der Waals surface area (Å²) in [5.74, 6) is -0.718. The van der Waals surface area contributed by atoms with E-state index in [9.17, 15) is 14.4 Å². The lowest BCUT2D eigenvalue weighted by molar-refractivity contribution is -0.126. The van der Waals surface area contributed by atoms with E-state index in [1.165, 1.54) is 4.68 Å². The fourth-order valence-electron chi connectivity index (χ4n) is 4.55. The normalized spacial score (nSPS) is 15.4. The maximum absolute atomic E-state index is 13.0. The molecule has 5 rings (SSSR count). The van der Waals surface area contributed by atoms with Crippen LogP contribution in [0.15, 0.2) is 71.8 Å². The van der Waals surface area contributed by atoms with E-state index in [1.54, 1.807) is 23.4 Å². The number of hydrogen-bond donors (Lipinski definition) is 1. The predicted molar refractivity (Wildman–Crippen MR) is 138 cm³/mol. The molecule has 1 atom stereocenters. The van der Waals surface area contributed by atoms with Gasteiger partial charge in [-0.2, -0.15) is 5.10 Å². The first kappa shape index (κ1) is 23.4. The number of carbonyl (C=O) groups is 2. The molecule has 1 fully saturated rings. The highest BCUT2D eigenvalue weighted by molar-refractivity contribution is 6.00. The summed E-state index contributed by atoms with van der Waals surface area (Å²) in [7, 11) is 0.